The van der Waals surface area contributed by atoms with E-state index in [0.29, 0.717) is 5.56 Å². The Morgan fingerprint density at radius 3 is 2.67 bits per heavy atom. The van der Waals surface area contributed by atoms with E-state index in [9.17, 15) is 17.6 Å². The number of pyridine rings is 1. The molecule has 0 saturated heterocycles. The minimum atomic E-state index is -3.81. The molecule has 27 heavy (non-hydrogen) atoms. The van der Waals surface area contributed by atoms with Crippen LogP contribution in [0.4, 0.5) is 9.52 Å². The van der Waals surface area contributed by atoms with Gasteiger partial charge in [-0.25, -0.2) is 17.8 Å². The first-order valence-electron chi connectivity index (χ1n) is 7.94. The van der Waals surface area contributed by atoms with E-state index in [1.165, 1.54) is 31.3 Å². The molecule has 0 saturated carbocycles. The van der Waals surface area contributed by atoms with E-state index in [-0.39, 0.29) is 26.3 Å². The van der Waals surface area contributed by atoms with E-state index in [4.69, 9.17) is 0 Å². The quantitative estimate of drug-likeness (QED) is 0.702. The molecule has 1 N–H and O–H groups in total. The summed E-state index contributed by atoms with van der Waals surface area (Å²) < 4.78 is 39.4. The average Bonchev–Trinajstić information content (AvgIpc) is 2.99. The summed E-state index contributed by atoms with van der Waals surface area (Å²) in [4.78, 5) is 20.2. The lowest BCUT2D eigenvalue weighted by molar-refractivity contribution is 0.102. The van der Waals surface area contributed by atoms with Gasteiger partial charge >= 0.3 is 0 Å². The third kappa shape index (κ3) is 4.37. The number of hydrogen-bond donors (Lipinski definition) is 1. The SMILES string of the molecule is Cc1ccc(CS(=O)(=O)c2sc(NC(=O)c3ccccn3)nc2C)c(F)c1. The number of hydrogen-bond acceptors (Lipinski definition) is 6. The fraction of sp³-hybridized carbons (Fsp3) is 0.167. The van der Waals surface area contributed by atoms with Crippen molar-refractivity contribution in [3.63, 3.8) is 0 Å². The molecule has 0 radical (unpaired) electrons. The van der Waals surface area contributed by atoms with Gasteiger partial charge in [-0.05, 0) is 37.6 Å². The standard InChI is InChI=1S/C18H16FN3O3S2/c1-11-6-7-13(14(19)9-11)10-27(24,25)17-12(2)21-18(26-17)22-16(23)15-5-3-4-8-20-15/h3-9H,10H2,1-2H3,(H,21,22,23). The third-order valence-corrected chi connectivity index (χ3v) is 7.14. The van der Waals surface area contributed by atoms with E-state index in [2.05, 4.69) is 15.3 Å². The van der Waals surface area contributed by atoms with Crippen molar-refractivity contribution in [2.75, 3.05) is 5.32 Å². The van der Waals surface area contributed by atoms with E-state index in [0.717, 1.165) is 11.3 Å². The largest absolute Gasteiger partial charge is 0.296 e. The molecule has 2 aromatic heterocycles. The third-order valence-electron chi connectivity index (χ3n) is 3.71. The number of carbonyl (C=O) groups excluding carboxylic acids is 1. The van der Waals surface area contributed by atoms with Crippen LogP contribution in [0.2, 0.25) is 0 Å². The second kappa shape index (κ2) is 7.53. The highest BCUT2D eigenvalue weighted by atomic mass is 32.2. The lowest BCUT2D eigenvalue weighted by Crippen LogP contribution is -2.13. The van der Waals surface area contributed by atoms with Crippen molar-refractivity contribution in [2.24, 2.45) is 0 Å². The molecule has 0 fully saturated rings. The number of amides is 1. The molecule has 2 heterocycles. The van der Waals surface area contributed by atoms with Crippen molar-refractivity contribution < 1.29 is 17.6 Å². The van der Waals surface area contributed by atoms with Crippen molar-refractivity contribution in [3.05, 3.63) is 70.9 Å². The van der Waals surface area contributed by atoms with Crippen molar-refractivity contribution in [2.45, 2.75) is 23.8 Å². The number of rotatable bonds is 5. The molecular weight excluding hydrogens is 389 g/mol. The van der Waals surface area contributed by atoms with Crippen LogP contribution in [-0.2, 0) is 15.6 Å². The molecule has 140 valence electrons. The van der Waals surface area contributed by atoms with Gasteiger partial charge in [-0.3, -0.25) is 15.1 Å². The zero-order chi connectivity index (χ0) is 19.6. The molecule has 9 heteroatoms. The summed E-state index contributed by atoms with van der Waals surface area (Å²) in [6.07, 6.45) is 1.48. The minimum absolute atomic E-state index is 0.00111. The summed E-state index contributed by atoms with van der Waals surface area (Å²) in [6.45, 7) is 3.26. The summed E-state index contributed by atoms with van der Waals surface area (Å²) in [5, 5.41) is 2.69. The Labute approximate surface area is 160 Å². The Morgan fingerprint density at radius 2 is 2.00 bits per heavy atom. The molecule has 0 atom stereocenters. The molecule has 0 spiro atoms. The Balaban J connectivity index is 1.83. The van der Waals surface area contributed by atoms with Crippen LogP contribution in [0, 0.1) is 19.7 Å². The maximum Gasteiger partial charge on any atom is 0.276 e. The second-order valence-corrected chi connectivity index (χ2v) is 9.10. The molecule has 3 rings (SSSR count). The van der Waals surface area contributed by atoms with Gasteiger partial charge in [0.15, 0.2) is 15.0 Å². The van der Waals surface area contributed by atoms with Gasteiger partial charge < -0.3 is 0 Å². The molecule has 1 aromatic carbocycles. The van der Waals surface area contributed by atoms with Crippen molar-refractivity contribution in [3.8, 4) is 0 Å². The van der Waals surface area contributed by atoms with Crippen molar-refractivity contribution in [1.29, 1.82) is 0 Å². The molecule has 1 amide bonds. The molecule has 3 aromatic rings. The number of carbonyl (C=O) groups is 1. The topological polar surface area (TPSA) is 89.0 Å². The molecule has 6 nitrogen and oxygen atoms in total. The summed E-state index contributed by atoms with van der Waals surface area (Å²) in [5.41, 5.74) is 1.25. The second-order valence-electron chi connectivity index (χ2n) is 5.91. The van der Waals surface area contributed by atoms with Crippen LogP contribution in [0.3, 0.4) is 0 Å². The van der Waals surface area contributed by atoms with Gasteiger partial charge in [-0.15, -0.1) is 0 Å². The minimum Gasteiger partial charge on any atom is -0.296 e. The number of anilines is 1. The van der Waals surface area contributed by atoms with Crippen LogP contribution < -0.4 is 5.32 Å². The first kappa shape index (κ1) is 19.1. The Morgan fingerprint density at radius 1 is 1.22 bits per heavy atom. The van der Waals surface area contributed by atoms with Gasteiger partial charge in [0.1, 0.15) is 15.7 Å². The van der Waals surface area contributed by atoms with Crippen molar-refractivity contribution in [1.82, 2.24) is 9.97 Å². The zero-order valence-corrected chi connectivity index (χ0v) is 16.2. The molecule has 0 aliphatic rings. The highest BCUT2D eigenvalue weighted by Crippen LogP contribution is 2.30. The number of nitrogens with zero attached hydrogens (tertiary/aromatic N) is 2. The number of benzene rings is 1. The predicted octanol–water partition coefficient (Wildman–Crippen LogP) is 3.52. The fourth-order valence-corrected chi connectivity index (χ4v) is 5.31. The molecular formula is C18H16FN3O3S2. The van der Waals surface area contributed by atoms with Gasteiger partial charge in [0.05, 0.1) is 11.4 Å². The van der Waals surface area contributed by atoms with Crippen LogP contribution >= 0.6 is 11.3 Å². The number of aromatic nitrogens is 2. The summed E-state index contributed by atoms with van der Waals surface area (Å²) in [5.74, 6) is -1.53. The van der Waals surface area contributed by atoms with Crippen molar-refractivity contribution >= 4 is 32.2 Å². The monoisotopic (exact) mass is 405 g/mol. The van der Waals surface area contributed by atoms with E-state index in [1.807, 2.05) is 0 Å². The van der Waals surface area contributed by atoms with Gasteiger partial charge in [0, 0.05) is 11.8 Å². The predicted molar refractivity (Wildman–Crippen MR) is 101 cm³/mol. The number of aryl methyl sites for hydroxylation is 2. The van der Waals surface area contributed by atoms with Crippen LogP contribution in [-0.4, -0.2) is 24.3 Å². The molecule has 0 aliphatic heterocycles. The van der Waals surface area contributed by atoms with Crippen LogP contribution in [0.25, 0.3) is 0 Å². The number of halogens is 1. The lowest BCUT2D eigenvalue weighted by atomic mass is 10.2. The number of sulfone groups is 1. The average molecular weight is 405 g/mol. The van der Waals surface area contributed by atoms with E-state index >= 15 is 0 Å². The van der Waals surface area contributed by atoms with Crippen LogP contribution in [0.15, 0.2) is 46.8 Å². The highest BCUT2D eigenvalue weighted by molar-refractivity contribution is 7.92. The first-order valence-corrected chi connectivity index (χ1v) is 10.4. The maximum absolute atomic E-state index is 14.0. The number of thiazole rings is 1. The molecule has 0 unspecified atom stereocenters. The lowest BCUT2D eigenvalue weighted by Gasteiger charge is -2.05. The molecule has 0 aliphatic carbocycles. The van der Waals surface area contributed by atoms with E-state index < -0.39 is 27.3 Å². The Hall–Kier alpha value is -2.65. The summed E-state index contributed by atoms with van der Waals surface area (Å²) >= 11 is 0.836. The van der Waals surface area contributed by atoms with Gasteiger partial charge in [-0.2, -0.15) is 0 Å². The molecule has 0 bridgehead atoms. The van der Waals surface area contributed by atoms with Crippen LogP contribution in [0.5, 0.6) is 0 Å². The van der Waals surface area contributed by atoms with E-state index in [1.54, 1.807) is 25.1 Å². The zero-order valence-electron chi connectivity index (χ0n) is 14.6. The fourth-order valence-electron chi connectivity index (χ4n) is 2.42. The smallest absolute Gasteiger partial charge is 0.276 e. The van der Waals surface area contributed by atoms with Gasteiger partial charge in [0.2, 0.25) is 0 Å². The van der Waals surface area contributed by atoms with Gasteiger partial charge in [-0.1, -0.05) is 29.5 Å². The van der Waals surface area contributed by atoms with Crippen LogP contribution in [0.1, 0.15) is 27.3 Å². The Bertz CT molecular complexity index is 1100. The summed E-state index contributed by atoms with van der Waals surface area (Å²) in [6, 6.07) is 9.30. The summed E-state index contributed by atoms with van der Waals surface area (Å²) in [7, 11) is -3.81. The number of nitrogens with one attached hydrogen (secondary N) is 1. The first-order chi connectivity index (χ1) is 12.8. The Kier molecular flexibility index (Phi) is 5.33. The maximum atomic E-state index is 14.0. The van der Waals surface area contributed by atoms with Gasteiger partial charge in [0.25, 0.3) is 5.91 Å². The normalized spacial score (nSPS) is 11.4. The highest BCUT2D eigenvalue weighted by Gasteiger charge is 2.24.